The number of hydrogen-bond donors (Lipinski definition) is 1. The van der Waals surface area contributed by atoms with Gasteiger partial charge in [-0.2, -0.15) is 0 Å². The van der Waals surface area contributed by atoms with Crippen molar-refractivity contribution in [3.05, 3.63) is 39.4 Å². The molecule has 1 saturated carbocycles. The number of alkyl halides is 1. The fourth-order valence-corrected chi connectivity index (χ4v) is 2.97. The number of hydrogen-bond acceptors (Lipinski definition) is 3. The van der Waals surface area contributed by atoms with Crippen molar-refractivity contribution >= 4 is 23.2 Å². The molecule has 0 heterocycles. The van der Waals surface area contributed by atoms with Crippen LogP contribution in [0.3, 0.4) is 0 Å². The molecule has 0 bridgehead atoms. The van der Waals surface area contributed by atoms with Crippen LogP contribution in [-0.2, 0) is 0 Å². The van der Waals surface area contributed by atoms with Crippen LogP contribution in [-0.4, -0.2) is 22.2 Å². The van der Waals surface area contributed by atoms with E-state index in [-0.39, 0.29) is 23.0 Å². The normalized spacial score (nSPS) is 22.4. The van der Waals surface area contributed by atoms with Crippen LogP contribution < -0.4 is 5.32 Å². The molecule has 2 atom stereocenters. The predicted octanol–water partition coefficient (Wildman–Crippen LogP) is 3.57. The van der Waals surface area contributed by atoms with Crippen LogP contribution in [0.5, 0.6) is 0 Å². The van der Waals surface area contributed by atoms with Crippen molar-refractivity contribution in [2.45, 2.75) is 50.4 Å². The fraction of sp³-hybridized carbons (Fsp3) is 0.533. The van der Waals surface area contributed by atoms with Gasteiger partial charge in [0.2, 0.25) is 0 Å². The molecule has 1 amide bonds. The zero-order chi connectivity index (χ0) is 15.4. The van der Waals surface area contributed by atoms with E-state index in [0.717, 1.165) is 32.1 Å². The Balaban J connectivity index is 2.12. The van der Waals surface area contributed by atoms with Gasteiger partial charge in [0.05, 0.1) is 10.3 Å². The minimum Gasteiger partial charge on any atom is -0.348 e. The molecule has 0 radical (unpaired) electrons. The molecule has 114 valence electrons. The van der Waals surface area contributed by atoms with Crippen molar-refractivity contribution in [2.24, 2.45) is 0 Å². The van der Waals surface area contributed by atoms with E-state index in [4.69, 9.17) is 11.6 Å². The molecule has 0 saturated heterocycles. The lowest BCUT2D eigenvalue weighted by molar-refractivity contribution is -0.385. The van der Waals surface area contributed by atoms with Gasteiger partial charge in [0.15, 0.2) is 0 Å². The first kappa shape index (κ1) is 15.8. The molecule has 1 aliphatic rings. The Morgan fingerprint density at radius 2 is 2.05 bits per heavy atom. The number of nitro groups is 1. The summed E-state index contributed by atoms with van der Waals surface area (Å²) in [6, 6.07) is 4.46. The van der Waals surface area contributed by atoms with E-state index in [1.165, 1.54) is 6.07 Å². The molecule has 1 aliphatic carbocycles. The van der Waals surface area contributed by atoms with Crippen molar-refractivity contribution < 1.29 is 9.72 Å². The first-order chi connectivity index (χ1) is 9.99. The van der Waals surface area contributed by atoms with Gasteiger partial charge in [-0.05, 0) is 25.8 Å². The quantitative estimate of drug-likeness (QED) is 0.401. The van der Waals surface area contributed by atoms with E-state index >= 15 is 0 Å². The van der Waals surface area contributed by atoms with Crippen LogP contribution in [0.1, 0.15) is 48.0 Å². The smallest absolute Gasteiger partial charge is 0.273 e. The van der Waals surface area contributed by atoms with Crippen LogP contribution in [0.25, 0.3) is 0 Å². The van der Waals surface area contributed by atoms with Gasteiger partial charge in [0, 0.05) is 23.2 Å². The van der Waals surface area contributed by atoms with Crippen LogP contribution in [0.2, 0.25) is 0 Å². The third-order valence-electron chi connectivity index (χ3n) is 3.92. The van der Waals surface area contributed by atoms with E-state index in [1.807, 2.05) is 0 Å². The van der Waals surface area contributed by atoms with Gasteiger partial charge < -0.3 is 5.32 Å². The molecule has 6 heteroatoms. The fourth-order valence-electron chi connectivity index (χ4n) is 2.62. The summed E-state index contributed by atoms with van der Waals surface area (Å²) in [5.74, 6) is -0.296. The summed E-state index contributed by atoms with van der Waals surface area (Å²) in [7, 11) is 0. The summed E-state index contributed by atoms with van der Waals surface area (Å²) in [5, 5.41) is 13.8. The summed E-state index contributed by atoms with van der Waals surface area (Å²) in [6.07, 6.45) is 5.00. The van der Waals surface area contributed by atoms with Crippen molar-refractivity contribution in [1.82, 2.24) is 5.32 Å². The number of aryl methyl sites for hydroxylation is 1. The molecule has 1 fully saturated rings. The Kier molecular flexibility index (Phi) is 5.17. The maximum Gasteiger partial charge on any atom is 0.273 e. The predicted molar refractivity (Wildman–Crippen MR) is 81.8 cm³/mol. The van der Waals surface area contributed by atoms with Crippen molar-refractivity contribution in [1.29, 1.82) is 0 Å². The number of nitrogens with one attached hydrogen (secondary N) is 1. The minimum atomic E-state index is -0.470. The lowest BCUT2D eigenvalue weighted by Gasteiger charge is -2.21. The minimum absolute atomic E-state index is 0.0362. The van der Waals surface area contributed by atoms with Gasteiger partial charge in [0.1, 0.15) is 0 Å². The zero-order valence-corrected chi connectivity index (χ0v) is 12.7. The second kappa shape index (κ2) is 6.89. The van der Waals surface area contributed by atoms with Gasteiger partial charge in [-0.15, -0.1) is 11.6 Å². The van der Waals surface area contributed by atoms with E-state index in [9.17, 15) is 14.9 Å². The van der Waals surface area contributed by atoms with Gasteiger partial charge in [-0.25, -0.2) is 0 Å². The first-order valence-corrected chi connectivity index (χ1v) is 7.62. The average molecular weight is 311 g/mol. The third kappa shape index (κ3) is 3.94. The van der Waals surface area contributed by atoms with E-state index in [2.05, 4.69) is 5.32 Å². The average Bonchev–Trinajstić information content (AvgIpc) is 2.64. The SMILES string of the molecule is Cc1ccc(C(=O)NC2CCCCCC2Cl)cc1[N+](=O)[O-]. The number of amides is 1. The molecule has 1 N–H and O–H groups in total. The Morgan fingerprint density at radius 1 is 1.33 bits per heavy atom. The maximum atomic E-state index is 12.3. The number of nitro benzene ring substituents is 1. The zero-order valence-electron chi connectivity index (χ0n) is 12.0. The summed E-state index contributed by atoms with van der Waals surface area (Å²) >= 11 is 6.30. The van der Waals surface area contributed by atoms with Crippen molar-refractivity contribution in [3.8, 4) is 0 Å². The van der Waals surface area contributed by atoms with Gasteiger partial charge in [-0.1, -0.05) is 25.3 Å². The van der Waals surface area contributed by atoms with E-state index in [1.54, 1.807) is 19.1 Å². The molecule has 2 unspecified atom stereocenters. The molecule has 1 aromatic carbocycles. The standard InChI is InChI=1S/C15H19ClN2O3/c1-10-7-8-11(9-14(10)18(20)21)15(19)17-13-6-4-2-3-5-12(13)16/h7-9,12-13H,2-6H2,1H3,(H,17,19). The van der Waals surface area contributed by atoms with E-state index < -0.39 is 4.92 Å². The number of benzene rings is 1. The molecular formula is C15H19ClN2O3. The van der Waals surface area contributed by atoms with Crippen LogP contribution in [0.4, 0.5) is 5.69 Å². The van der Waals surface area contributed by atoms with Crippen LogP contribution in [0, 0.1) is 17.0 Å². The molecule has 2 rings (SSSR count). The summed E-state index contributed by atoms with van der Waals surface area (Å²) in [4.78, 5) is 22.7. The number of carbonyl (C=O) groups excluding carboxylic acids is 1. The molecule has 1 aromatic rings. The highest BCUT2D eigenvalue weighted by Crippen LogP contribution is 2.23. The van der Waals surface area contributed by atoms with Gasteiger partial charge >= 0.3 is 0 Å². The lowest BCUT2D eigenvalue weighted by atomic mass is 10.1. The highest BCUT2D eigenvalue weighted by Gasteiger charge is 2.24. The molecule has 0 aromatic heterocycles. The largest absolute Gasteiger partial charge is 0.348 e. The number of halogens is 1. The summed E-state index contributed by atoms with van der Waals surface area (Å²) < 4.78 is 0. The van der Waals surface area contributed by atoms with Crippen LogP contribution >= 0.6 is 11.6 Å². The molecule has 0 aliphatic heterocycles. The Hall–Kier alpha value is -1.62. The molecular weight excluding hydrogens is 292 g/mol. The lowest BCUT2D eigenvalue weighted by Crippen LogP contribution is -2.40. The number of nitrogens with zero attached hydrogens (tertiary/aromatic N) is 1. The highest BCUT2D eigenvalue weighted by atomic mass is 35.5. The Morgan fingerprint density at radius 3 is 2.76 bits per heavy atom. The van der Waals surface area contributed by atoms with Crippen LogP contribution in [0.15, 0.2) is 18.2 Å². The topological polar surface area (TPSA) is 72.2 Å². The van der Waals surface area contributed by atoms with Gasteiger partial charge in [-0.3, -0.25) is 14.9 Å². The second-order valence-electron chi connectivity index (χ2n) is 5.49. The first-order valence-electron chi connectivity index (χ1n) is 7.19. The maximum absolute atomic E-state index is 12.3. The summed E-state index contributed by atoms with van der Waals surface area (Å²) in [5.41, 5.74) is 0.813. The highest BCUT2D eigenvalue weighted by molar-refractivity contribution is 6.21. The van der Waals surface area contributed by atoms with Gasteiger partial charge in [0.25, 0.3) is 11.6 Å². The Labute approximate surface area is 128 Å². The molecule has 21 heavy (non-hydrogen) atoms. The van der Waals surface area contributed by atoms with E-state index in [0.29, 0.717) is 11.1 Å². The monoisotopic (exact) mass is 310 g/mol. The second-order valence-corrected chi connectivity index (χ2v) is 6.05. The number of carbonyl (C=O) groups is 1. The Bertz CT molecular complexity index is 548. The molecule has 5 nitrogen and oxygen atoms in total. The number of rotatable bonds is 3. The summed E-state index contributed by atoms with van der Waals surface area (Å²) in [6.45, 7) is 1.65. The third-order valence-corrected chi connectivity index (χ3v) is 4.44. The van der Waals surface area contributed by atoms with Crippen molar-refractivity contribution in [3.63, 3.8) is 0 Å². The molecule has 0 spiro atoms. The van der Waals surface area contributed by atoms with Crippen molar-refractivity contribution in [2.75, 3.05) is 0 Å².